The highest BCUT2D eigenvalue weighted by Crippen LogP contribution is 2.34. The van der Waals surface area contributed by atoms with E-state index in [1.807, 2.05) is 6.07 Å². The van der Waals surface area contributed by atoms with Crippen molar-refractivity contribution in [2.24, 2.45) is 0 Å². The van der Waals surface area contributed by atoms with Crippen LogP contribution in [0.3, 0.4) is 0 Å². The van der Waals surface area contributed by atoms with Gasteiger partial charge < -0.3 is 5.32 Å². The van der Waals surface area contributed by atoms with E-state index in [0.717, 1.165) is 44.2 Å². The molecule has 0 saturated carbocycles. The molecule has 6 heteroatoms. The van der Waals surface area contributed by atoms with Gasteiger partial charge in [-0.3, -0.25) is 4.90 Å². The molecule has 1 aliphatic heterocycles. The summed E-state index contributed by atoms with van der Waals surface area (Å²) in [4.78, 5) is 2.19. The third-order valence-corrected chi connectivity index (χ3v) is 5.00. The zero-order valence-corrected chi connectivity index (χ0v) is 14.5. The van der Waals surface area contributed by atoms with Gasteiger partial charge in [0, 0.05) is 31.3 Å². The van der Waals surface area contributed by atoms with E-state index in [0.29, 0.717) is 15.6 Å². The number of halogens is 4. The Kier molecular flexibility index (Phi) is 5.72. The van der Waals surface area contributed by atoms with Gasteiger partial charge in [-0.15, -0.1) is 0 Å². The Labute approximate surface area is 150 Å². The second-order valence-electron chi connectivity index (χ2n) is 5.88. The summed E-state index contributed by atoms with van der Waals surface area (Å²) in [7, 11) is 0. The molecule has 2 aromatic rings. The maximum absolute atomic E-state index is 14.5. The Balaban J connectivity index is 2.06. The first kappa shape index (κ1) is 17.6. The molecule has 0 spiro atoms. The van der Waals surface area contributed by atoms with E-state index in [4.69, 9.17) is 23.2 Å². The average molecular weight is 371 g/mol. The third-order valence-electron chi connectivity index (χ3n) is 4.26. The van der Waals surface area contributed by atoms with Crippen LogP contribution in [-0.4, -0.2) is 31.1 Å². The minimum Gasteiger partial charge on any atom is -0.315 e. The molecular formula is C18H18Cl2F2N2. The van der Waals surface area contributed by atoms with Crippen LogP contribution in [0.4, 0.5) is 8.78 Å². The van der Waals surface area contributed by atoms with E-state index in [-0.39, 0.29) is 6.04 Å². The topological polar surface area (TPSA) is 15.3 Å². The second kappa shape index (κ2) is 7.79. The molecule has 2 aromatic carbocycles. The zero-order chi connectivity index (χ0) is 17.1. The highest BCUT2D eigenvalue weighted by Gasteiger charge is 2.26. The summed E-state index contributed by atoms with van der Waals surface area (Å²) in [5.41, 5.74) is 1.29. The molecule has 2 nitrogen and oxygen atoms in total. The van der Waals surface area contributed by atoms with E-state index in [1.165, 1.54) is 12.1 Å². The lowest BCUT2D eigenvalue weighted by Crippen LogP contribution is -2.33. The van der Waals surface area contributed by atoms with Crippen LogP contribution in [0, 0.1) is 11.6 Å². The number of hydrogen-bond donors (Lipinski definition) is 1. The van der Waals surface area contributed by atoms with Crippen LogP contribution in [0.25, 0.3) is 0 Å². The summed E-state index contributed by atoms with van der Waals surface area (Å²) in [5, 5.41) is 4.22. The molecule has 1 aliphatic rings. The first-order valence-electron chi connectivity index (χ1n) is 7.91. The van der Waals surface area contributed by atoms with Crippen LogP contribution in [0.5, 0.6) is 0 Å². The fraction of sp³-hybridized carbons (Fsp3) is 0.333. The molecule has 0 aliphatic carbocycles. The third kappa shape index (κ3) is 3.89. The summed E-state index contributed by atoms with van der Waals surface area (Å²) >= 11 is 12.2. The van der Waals surface area contributed by atoms with Gasteiger partial charge in [0.05, 0.1) is 16.1 Å². The molecular weight excluding hydrogens is 353 g/mol. The molecule has 0 amide bonds. The summed E-state index contributed by atoms with van der Waals surface area (Å²) in [6, 6.07) is 8.71. The van der Waals surface area contributed by atoms with Crippen molar-refractivity contribution in [1.29, 1.82) is 0 Å². The fourth-order valence-electron chi connectivity index (χ4n) is 3.12. The maximum Gasteiger partial charge on any atom is 0.131 e. The standard InChI is InChI=1S/C18H18Cl2F2N2/c19-15-5-2-12(10-16(15)20)18(24-8-1-6-23-7-9-24)14-4-3-13(21)11-17(14)22/h2-5,10-11,18,23H,1,6-9H2. The van der Waals surface area contributed by atoms with Gasteiger partial charge in [-0.2, -0.15) is 0 Å². The molecule has 1 N–H and O–H groups in total. The monoisotopic (exact) mass is 370 g/mol. The Morgan fingerprint density at radius 3 is 2.54 bits per heavy atom. The van der Waals surface area contributed by atoms with Crippen LogP contribution in [0.1, 0.15) is 23.6 Å². The normalized spacial score (nSPS) is 17.5. The molecule has 1 unspecified atom stereocenters. The first-order chi connectivity index (χ1) is 11.6. The van der Waals surface area contributed by atoms with Gasteiger partial charge in [0.2, 0.25) is 0 Å². The Morgan fingerprint density at radius 2 is 1.79 bits per heavy atom. The van der Waals surface area contributed by atoms with Crippen LogP contribution in [0.15, 0.2) is 36.4 Å². The lowest BCUT2D eigenvalue weighted by atomic mass is 9.96. The van der Waals surface area contributed by atoms with Crippen LogP contribution in [-0.2, 0) is 0 Å². The van der Waals surface area contributed by atoms with Crippen molar-refractivity contribution in [2.45, 2.75) is 12.5 Å². The van der Waals surface area contributed by atoms with Crippen LogP contribution >= 0.6 is 23.2 Å². The summed E-state index contributed by atoms with van der Waals surface area (Å²) in [5.74, 6) is -1.13. The first-order valence-corrected chi connectivity index (χ1v) is 8.66. The highest BCUT2D eigenvalue weighted by molar-refractivity contribution is 6.42. The predicted octanol–water partition coefficient (Wildman–Crippen LogP) is 4.66. The fourth-order valence-corrected chi connectivity index (χ4v) is 3.42. The molecule has 0 radical (unpaired) electrons. The van der Waals surface area contributed by atoms with Crippen LogP contribution in [0.2, 0.25) is 10.0 Å². The highest BCUT2D eigenvalue weighted by atomic mass is 35.5. The summed E-state index contributed by atoms with van der Waals surface area (Å²) in [6.07, 6.45) is 0.959. The average Bonchev–Trinajstić information content (AvgIpc) is 2.82. The van der Waals surface area contributed by atoms with Gasteiger partial charge in [0.15, 0.2) is 0 Å². The quantitative estimate of drug-likeness (QED) is 0.845. The van der Waals surface area contributed by atoms with Gasteiger partial charge in [-0.05, 0) is 36.7 Å². The number of hydrogen-bond acceptors (Lipinski definition) is 2. The molecule has 1 saturated heterocycles. The zero-order valence-electron chi connectivity index (χ0n) is 13.0. The molecule has 1 fully saturated rings. The summed E-state index contributed by atoms with van der Waals surface area (Å²) < 4.78 is 27.8. The lowest BCUT2D eigenvalue weighted by Gasteiger charge is -2.31. The number of nitrogens with one attached hydrogen (secondary N) is 1. The molecule has 3 rings (SSSR count). The van der Waals surface area contributed by atoms with E-state index in [9.17, 15) is 8.78 Å². The van der Waals surface area contributed by atoms with Crippen molar-refractivity contribution in [2.75, 3.05) is 26.2 Å². The van der Waals surface area contributed by atoms with Crippen molar-refractivity contribution in [3.63, 3.8) is 0 Å². The molecule has 1 heterocycles. The Bertz CT molecular complexity index is 716. The maximum atomic E-state index is 14.5. The SMILES string of the molecule is Fc1ccc(C(c2ccc(Cl)c(Cl)c2)N2CCCNCC2)c(F)c1. The number of benzene rings is 2. The summed E-state index contributed by atoms with van der Waals surface area (Å²) in [6.45, 7) is 3.33. The lowest BCUT2D eigenvalue weighted by molar-refractivity contribution is 0.236. The largest absolute Gasteiger partial charge is 0.315 e. The van der Waals surface area contributed by atoms with E-state index in [2.05, 4.69) is 10.2 Å². The van der Waals surface area contributed by atoms with E-state index >= 15 is 0 Å². The molecule has 24 heavy (non-hydrogen) atoms. The van der Waals surface area contributed by atoms with Gasteiger partial charge in [0.1, 0.15) is 11.6 Å². The van der Waals surface area contributed by atoms with E-state index < -0.39 is 11.6 Å². The van der Waals surface area contributed by atoms with Crippen molar-refractivity contribution >= 4 is 23.2 Å². The predicted molar refractivity (Wildman–Crippen MR) is 93.7 cm³/mol. The van der Waals surface area contributed by atoms with Gasteiger partial charge in [-0.25, -0.2) is 8.78 Å². The second-order valence-corrected chi connectivity index (χ2v) is 6.70. The van der Waals surface area contributed by atoms with Crippen molar-refractivity contribution in [3.8, 4) is 0 Å². The number of rotatable bonds is 3. The number of nitrogens with zero attached hydrogens (tertiary/aromatic N) is 1. The van der Waals surface area contributed by atoms with Crippen molar-refractivity contribution in [1.82, 2.24) is 10.2 Å². The Hall–Kier alpha value is -1.20. The smallest absolute Gasteiger partial charge is 0.131 e. The molecule has 128 valence electrons. The van der Waals surface area contributed by atoms with Gasteiger partial charge in [-0.1, -0.05) is 35.3 Å². The van der Waals surface area contributed by atoms with Crippen LogP contribution < -0.4 is 5.32 Å². The molecule has 0 aromatic heterocycles. The molecule has 1 atom stereocenters. The van der Waals surface area contributed by atoms with Gasteiger partial charge in [0.25, 0.3) is 0 Å². The van der Waals surface area contributed by atoms with Gasteiger partial charge >= 0.3 is 0 Å². The van der Waals surface area contributed by atoms with E-state index in [1.54, 1.807) is 12.1 Å². The minimum atomic E-state index is -0.582. The van der Waals surface area contributed by atoms with Crippen molar-refractivity contribution < 1.29 is 8.78 Å². The van der Waals surface area contributed by atoms with Crippen molar-refractivity contribution in [3.05, 3.63) is 69.2 Å². The molecule has 0 bridgehead atoms. The Morgan fingerprint density at radius 1 is 0.958 bits per heavy atom. The minimum absolute atomic E-state index is 0.333.